The number of benzene rings is 1. The van der Waals surface area contributed by atoms with Crippen LogP contribution in [0.3, 0.4) is 0 Å². The number of hydrogen-bond donors (Lipinski definition) is 1. The predicted octanol–water partition coefficient (Wildman–Crippen LogP) is 3.21. The van der Waals surface area contributed by atoms with E-state index in [-0.39, 0.29) is 16.4 Å². The molecule has 0 bridgehead atoms. The van der Waals surface area contributed by atoms with Gasteiger partial charge in [0.05, 0.1) is 5.02 Å². The molecule has 1 aromatic carbocycles. The maximum absolute atomic E-state index is 13.2. The maximum atomic E-state index is 13.2. The molecule has 0 atom stereocenters. The lowest BCUT2D eigenvalue weighted by molar-refractivity contribution is 0.598. The largest absolute Gasteiger partial charge is 0.325 e. The summed E-state index contributed by atoms with van der Waals surface area (Å²) >= 11 is 5.69. The Labute approximate surface area is 94.4 Å². The van der Waals surface area contributed by atoms with Crippen LogP contribution in [0.15, 0.2) is 12.1 Å². The smallest absolute Gasteiger partial charge is 0.142 e. The van der Waals surface area contributed by atoms with Gasteiger partial charge in [-0.25, -0.2) is 4.39 Å². The van der Waals surface area contributed by atoms with Gasteiger partial charge in [-0.2, -0.15) is 0 Å². The molecular weight excluding hydrogens is 213 g/mol. The first kappa shape index (κ1) is 10.9. The van der Waals surface area contributed by atoms with Crippen molar-refractivity contribution in [2.24, 2.45) is 5.73 Å². The first-order valence-corrected chi connectivity index (χ1v) is 5.61. The molecule has 2 N–H and O–H groups in total. The quantitative estimate of drug-likeness (QED) is 0.843. The van der Waals surface area contributed by atoms with Gasteiger partial charge in [0.25, 0.3) is 0 Å². The third kappa shape index (κ3) is 2.50. The lowest BCUT2D eigenvalue weighted by Gasteiger charge is -2.11. The van der Waals surface area contributed by atoms with Crippen molar-refractivity contribution in [3.8, 4) is 0 Å². The lowest BCUT2D eigenvalue weighted by atomic mass is 10.00. The number of hydrogen-bond acceptors (Lipinski definition) is 1. The van der Waals surface area contributed by atoms with Crippen LogP contribution in [0, 0.1) is 12.7 Å². The van der Waals surface area contributed by atoms with Crippen molar-refractivity contribution < 1.29 is 4.39 Å². The Balaban J connectivity index is 2.10. The minimum Gasteiger partial charge on any atom is -0.325 e. The van der Waals surface area contributed by atoms with Crippen molar-refractivity contribution in [1.29, 1.82) is 0 Å². The summed E-state index contributed by atoms with van der Waals surface area (Å²) in [4.78, 5) is 0. The summed E-state index contributed by atoms with van der Waals surface area (Å²) in [6, 6.07) is 3.21. The highest BCUT2D eigenvalue weighted by atomic mass is 35.5. The van der Waals surface area contributed by atoms with Crippen LogP contribution in [-0.4, -0.2) is 5.54 Å². The Bertz CT molecular complexity index is 385. The molecule has 1 fully saturated rings. The Morgan fingerprint density at radius 1 is 1.47 bits per heavy atom. The SMILES string of the molecule is Cc1cc(Cl)c(F)cc1CCC1(N)CC1. The first-order valence-electron chi connectivity index (χ1n) is 5.24. The second-order valence-corrected chi connectivity index (χ2v) is 4.96. The summed E-state index contributed by atoms with van der Waals surface area (Å²) in [6.07, 6.45) is 3.98. The summed E-state index contributed by atoms with van der Waals surface area (Å²) in [6.45, 7) is 1.96. The molecule has 1 saturated carbocycles. The molecule has 0 unspecified atom stereocenters. The van der Waals surface area contributed by atoms with Crippen molar-refractivity contribution in [3.05, 3.63) is 34.1 Å². The van der Waals surface area contributed by atoms with E-state index in [1.54, 1.807) is 6.07 Å². The molecule has 82 valence electrons. The molecule has 1 aliphatic rings. The molecule has 0 amide bonds. The molecule has 0 radical (unpaired) electrons. The van der Waals surface area contributed by atoms with Crippen molar-refractivity contribution in [2.75, 3.05) is 0 Å². The zero-order chi connectivity index (χ0) is 11.1. The first-order chi connectivity index (χ1) is 7.00. The van der Waals surface area contributed by atoms with E-state index in [2.05, 4.69) is 0 Å². The molecule has 1 aromatic rings. The minimum absolute atomic E-state index is 0.0303. The van der Waals surface area contributed by atoms with E-state index >= 15 is 0 Å². The highest BCUT2D eigenvalue weighted by Gasteiger charge is 2.37. The Morgan fingerprint density at radius 3 is 2.73 bits per heavy atom. The summed E-state index contributed by atoms with van der Waals surface area (Å²) in [5.41, 5.74) is 8.09. The van der Waals surface area contributed by atoms with Crippen LogP contribution in [0.2, 0.25) is 5.02 Å². The molecule has 0 aromatic heterocycles. The van der Waals surface area contributed by atoms with Crippen LogP contribution in [0.5, 0.6) is 0 Å². The van der Waals surface area contributed by atoms with E-state index in [0.29, 0.717) is 0 Å². The van der Waals surface area contributed by atoms with Crippen molar-refractivity contribution in [2.45, 2.75) is 38.1 Å². The molecule has 15 heavy (non-hydrogen) atoms. The number of aryl methyl sites for hydroxylation is 2. The molecule has 0 saturated heterocycles. The van der Waals surface area contributed by atoms with E-state index < -0.39 is 0 Å². The molecule has 0 spiro atoms. The summed E-state index contributed by atoms with van der Waals surface area (Å²) in [5.74, 6) is -0.334. The standard InChI is InChI=1S/C12H15ClFN/c1-8-6-10(13)11(14)7-9(8)2-3-12(15)4-5-12/h6-7H,2-5,15H2,1H3. The van der Waals surface area contributed by atoms with Gasteiger partial charge in [-0.15, -0.1) is 0 Å². The van der Waals surface area contributed by atoms with Crippen LogP contribution >= 0.6 is 11.6 Å². The molecule has 1 aliphatic carbocycles. The fourth-order valence-electron chi connectivity index (χ4n) is 1.75. The summed E-state index contributed by atoms with van der Waals surface area (Å²) in [7, 11) is 0. The van der Waals surface area contributed by atoms with Gasteiger partial charge in [0.15, 0.2) is 0 Å². The highest BCUT2D eigenvalue weighted by Crippen LogP contribution is 2.37. The monoisotopic (exact) mass is 227 g/mol. The third-order valence-corrected chi connectivity index (χ3v) is 3.45. The van der Waals surface area contributed by atoms with Gasteiger partial charge in [-0.1, -0.05) is 11.6 Å². The van der Waals surface area contributed by atoms with Gasteiger partial charge in [-0.05, 0) is 55.9 Å². The zero-order valence-corrected chi connectivity index (χ0v) is 9.57. The van der Waals surface area contributed by atoms with E-state index in [1.165, 1.54) is 6.07 Å². The van der Waals surface area contributed by atoms with E-state index in [9.17, 15) is 4.39 Å². The average molecular weight is 228 g/mol. The fourth-order valence-corrected chi connectivity index (χ4v) is 1.97. The zero-order valence-electron chi connectivity index (χ0n) is 8.82. The van der Waals surface area contributed by atoms with E-state index in [0.717, 1.165) is 36.8 Å². The Morgan fingerprint density at radius 2 is 2.13 bits per heavy atom. The Kier molecular flexibility index (Phi) is 2.73. The third-order valence-electron chi connectivity index (χ3n) is 3.16. The second kappa shape index (κ2) is 3.76. The van der Waals surface area contributed by atoms with E-state index in [1.807, 2.05) is 6.92 Å². The van der Waals surface area contributed by atoms with Gasteiger partial charge in [0, 0.05) is 5.54 Å². The Hall–Kier alpha value is -0.600. The normalized spacial score (nSPS) is 17.9. The van der Waals surface area contributed by atoms with Gasteiger partial charge in [0.1, 0.15) is 5.82 Å². The fraction of sp³-hybridized carbons (Fsp3) is 0.500. The number of nitrogens with two attached hydrogens (primary N) is 1. The van der Waals surface area contributed by atoms with Crippen molar-refractivity contribution >= 4 is 11.6 Å². The van der Waals surface area contributed by atoms with Crippen molar-refractivity contribution in [3.63, 3.8) is 0 Å². The molecular formula is C12H15ClFN. The van der Waals surface area contributed by atoms with Crippen LogP contribution in [0.25, 0.3) is 0 Å². The van der Waals surface area contributed by atoms with Gasteiger partial charge >= 0.3 is 0 Å². The number of halogens is 2. The van der Waals surface area contributed by atoms with Crippen LogP contribution in [0.1, 0.15) is 30.4 Å². The molecule has 1 nitrogen and oxygen atoms in total. The topological polar surface area (TPSA) is 26.0 Å². The van der Waals surface area contributed by atoms with Gasteiger partial charge < -0.3 is 5.73 Å². The van der Waals surface area contributed by atoms with E-state index in [4.69, 9.17) is 17.3 Å². The maximum Gasteiger partial charge on any atom is 0.142 e. The predicted molar refractivity (Wildman–Crippen MR) is 60.6 cm³/mol. The molecule has 0 heterocycles. The highest BCUT2D eigenvalue weighted by molar-refractivity contribution is 6.30. The van der Waals surface area contributed by atoms with Crippen LogP contribution in [0.4, 0.5) is 4.39 Å². The van der Waals surface area contributed by atoms with Crippen LogP contribution in [-0.2, 0) is 6.42 Å². The molecule has 0 aliphatic heterocycles. The minimum atomic E-state index is -0.334. The van der Waals surface area contributed by atoms with Gasteiger partial charge in [0.2, 0.25) is 0 Å². The average Bonchev–Trinajstić information content (AvgIpc) is 2.89. The number of rotatable bonds is 3. The second-order valence-electron chi connectivity index (χ2n) is 4.56. The summed E-state index contributed by atoms with van der Waals surface area (Å²) < 4.78 is 13.2. The summed E-state index contributed by atoms with van der Waals surface area (Å²) in [5, 5.41) is 0.199. The van der Waals surface area contributed by atoms with Crippen LogP contribution < -0.4 is 5.73 Å². The lowest BCUT2D eigenvalue weighted by Crippen LogP contribution is -2.22. The van der Waals surface area contributed by atoms with Gasteiger partial charge in [-0.3, -0.25) is 0 Å². The molecule has 3 heteroatoms. The molecule has 2 rings (SSSR count). The van der Waals surface area contributed by atoms with Crippen molar-refractivity contribution in [1.82, 2.24) is 0 Å².